The molecule has 0 saturated carbocycles. The molecule has 13 heavy (non-hydrogen) atoms. The minimum absolute atomic E-state index is 0.148. The third kappa shape index (κ3) is 2.69. The Bertz CT molecular complexity index is 288. The Balaban J connectivity index is 2.81. The van der Waals surface area contributed by atoms with Crippen molar-refractivity contribution >= 4 is 21.7 Å². The fourth-order valence-electron chi connectivity index (χ4n) is 0.983. The average molecular weight is 255 g/mol. The van der Waals surface area contributed by atoms with Crippen LogP contribution in [-0.4, -0.2) is 12.0 Å². The van der Waals surface area contributed by atoms with Gasteiger partial charge in [0.2, 0.25) is 0 Å². The third-order valence-electron chi connectivity index (χ3n) is 1.65. The first-order valence-electron chi connectivity index (χ1n) is 3.58. The van der Waals surface area contributed by atoms with Gasteiger partial charge in [0.05, 0.1) is 0 Å². The number of halogens is 4. The molecule has 0 radical (unpaired) electrons. The largest absolute Gasteiger partial charge is 0.454 e. The molecule has 0 fully saturated rings. The lowest BCUT2D eigenvalue weighted by atomic mass is 10.0. The quantitative estimate of drug-likeness (QED) is 0.703. The number of allylic oxidation sites excluding steroid dienone is 4. The van der Waals surface area contributed by atoms with Crippen molar-refractivity contribution in [2.45, 2.75) is 19.0 Å². The summed E-state index contributed by atoms with van der Waals surface area (Å²) in [6.45, 7) is 0. The Hall–Kier alpha value is -0.580. The Kier molecular flexibility index (Phi) is 2.95. The van der Waals surface area contributed by atoms with Crippen molar-refractivity contribution in [3.8, 4) is 0 Å². The Morgan fingerprint density at radius 1 is 1.31 bits per heavy atom. The second-order valence-electron chi connectivity index (χ2n) is 2.63. The number of rotatable bonds is 1. The second kappa shape index (κ2) is 3.65. The van der Waals surface area contributed by atoms with E-state index in [0.717, 1.165) is 4.48 Å². The molecule has 0 amide bonds. The third-order valence-corrected chi connectivity index (χ3v) is 2.31. The van der Waals surface area contributed by atoms with Crippen LogP contribution in [0.25, 0.3) is 0 Å². The van der Waals surface area contributed by atoms with Gasteiger partial charge in [0.15, 0.2) is 0 Å². The molecule has 0 unspecified atom stereocenters. The van der Waals surface area contributed by atoms with E-state index in [9.17, 15) is 18.0 Å². The SMILES string of the molecule is O=C(C1=CC=C(Br)CC1)C(F)(F)F. The summed E-state index contributed by atoms with van der Waals surface area (Å²) in [5.41, 5.74) is -0.171. The second-order valence-corrected chi connectivity index (χ2v) is 3.65. The van der Waals surface area contributed by atoms with Crippen LogP contribution < -0.4 is 0 Å². The molecule has 0 heterocycles. The van der Waals surface area contributed by atoms with Crippen molar-refractivity contribution in [1.29, 1.82) is 0 Å². The highest BCUT2D eigenvalue weighted by atomic mass is 79.9. The van der Waals surface area contributed by atoms with Crippen molar-refractivity contribution in [2.24, 2.45) is 0 Å². The zero-order chi connectivity index (χ0) is 10.1. The van der Waals surface area contributed by atoms with Crippen molar-refractivity contribution in [3.05, 3.63) is 22.2 Å². The smallest absolute Gasteiger partial charge is 0.284 e. The number of carbonyl (C=O) groups is 1. The summed E-state index contributed by atoms with van der Waals surface area (Å²) in [6.07, 6.45) is -1.46. The molecule has 0 spiro atoms. The summed E-state index contributed by atoms with van der Waals surface area (Å²) in [5.74, 6) is -1.73. The van der Waals surface area contributed by atoms with E-state index >= 15 is 0 Å². The molecule has 1 aliphatic carbocycles. The molecule has 0 saturated heterocycles. The van der Waals surface area contributed by atoms with Crippen LogP contribution in [0.1, 0.15) is 12.8 Å². The highest BCUT2D eigenvalue weighted by molar-refractivity contribution is 9.11. The number of carbonyl (C=O) groups excluding carboxylic acids is 1. The fourth-order valence-corrected chi connectivity index (χ4v) is 1.31. The predicted molar refractivity (Wildman–Crippen MR) is 45.4 cm³/mol. The van der Waals surface area contributed by atoms with Crippen LogP contribution in [0, 0.1) is 0 Å². The van der Waals surface area contributed by atoms with Gasteiger partial charge in [-0.2, -0.15) is 13.2 Å². The van der Waals surface area contributed by atoms with Gasteiger partial charge in [0.25, 0.3) is 5.78 Å². The van der Waals surface area contributed by atoms with Gasteiger partial charge in [-0.05, 0) is 17.3 Å². The van der Waals surface area contributed by atoms with Crippen LogP contribution in [0.3, 0.4) is 0 Å². The molecule has 0 aliphatic heterocycles. The standard InChI is InChI=1S/C8H6BrF3O/c9-6-3-1-5(2-4-6)7(13)8(10,11)12/h1,3H,2,4H2. The summed E-state index contributed by atoms with van der Waals surface area (Å²) >= 11 is 3.14. The van der Waals surface area contributed by atoms with Gasteiger partial charge in [0.1, 0.15) is 0 Å². The topological polar surface area (TPSA) is 17.1 Å². The van der Waals surface area contributed by atoms with Crippen molar-refractivity contribution in [1.82, 2.24) is 0 Å². The predicted octanol–water partition coefficient (Wildman–Crippen LogP) is 3.12. The summed E-state index contributed by atoms with van der Waals surface area (Å²) in [5, 5.41) is 0. The summed E-state index contributed by atoms with van der Waals surface area (Å²) in [7, 11) is 0. The van der Waals surface area contributed by atoms with E-state index in [1.807, 2.05) is 0 Å². The molecule has 0 aromatic heterocycles. The molecule has 0 aromatic rings. The van der Waals surface area contributed by atoms with Crippen LogP contribution in [0.2, 0.25) is 0 Å². The Labute approximate surface area is 81.4 Å². The number of hydrogen-bond acceptors (Lipinski definition) is 1. The monoisotopic (exact) mass is 254 g/mol. The lowest BCUT2D eigenvalue weighted by Gasteiger charge is -2.11. The molecule has 72 valence electrons. The number of hydrogen-bond donors (Lipinski definition) is 0. The van der Waals surface area contributed by atoms with Gasteiger partial charge in [-0.25, -0.2) is 0 Å². The van der Waals surface area contributed by atoms with E-state index < -0.39 is 12.0 Å². The lowest BCUT2D eigenvalue weighted by Crippen LogP contribution is -2.25. The van der Waals surface area contributed by atoms with Gasteiger partial charge < -0.3 is 0 Å². The molecule has 5 heteroatoms. The van der Waals surface area contributed by atoms with Crippen molar-refractivity contribution in [2.75, 3.05) is 0 Å². The summed E-state index contributed by atoms with van der Waals surface area (Å²) < 4.78 is 36.5. The molecule has 1 nitrogen and oxygen atoms in total. The summed E-state index contributed by atoms with van der Waals surface area (Å²) in [6, 6.07) is 0. The molecular weight excluding hydrogens is 249 g/mol. The average Bonchev–Trinajstić information content (AvgIpc) is 2.03. The van der Waals surface area contributed by atoms with Crippen molar-refractivity contribution < 1.29 is 18.0 Å². The van der Waals surface area contributed by atoms with Crippen LogP contribution in [-0.2, 0) is 4.79 Å². The van der Waals surface area contributed by atoms with E-state index in [1.54, 1.807) is 0 Å². The normalized spacial score (nSPS) is 17.8. The molecule has 0 aromatic carbocycles. The van der Waals surface area contributed by atoms with E-state index in [1.165, 1.54) is 12.2 Å². The molecular formula is C8H6BrF3O. The minimum atomic E-state index is -4.75. The van der Waals surface area contributed by atoms with Crippen molar-refractivity contribution in [3.63, 3.8) is 0 Å². The summed E-state index contributed by atoms with van der Waals surface area (Å²) in [4.78, 5) is 10.7. The van der Waals surface area contributed by atoms with Crippen LogP contribution >= 0.6 is 15.9 Å². The molecule has 1 rings (SSSR count). The van der Waals surface area contributed by atoms with Crippen LogP contribution in [0.15, 0.2) is 22.2 Å². The Morgan fingerprint density at radius 2 is 1.92 bits per heavy atom. The molecule has 1 aliphatic rings. The van der Waals surface area contributed by atoms with E-state index in [4.69, 9.17) is 0 Å². The molecule has 0 bridgehead atoms. The highest BCUT2D eigenvalue weighted by Gasteiger charge is 2.40. The zero-order valence-corrected chi connectivity index (χ0v) is 8.08. The van der Waals surface area contributed by atoms with Gasteiger partial charge in [0, 0.05) is 5.57 Å². The van der Waals surface area contributed by atoms with Crippen LogP contribution in [0.4, 0.5) is 13.2 Å². The Morgan fingerprint density at radius 3 is 2.31 bits per heavy atom. The van der Waals surface area contributed by atoms with Gasteiger partial charge in [-0.15, -0.1) is 0 Å². The number of ketones is 1. The first kappa shape index (κ1) is 10.5. The fraction of sp³-hybridized carbons (Fsp3) is 0.375. The van der Waals surface area contributed by atoms with Crippen LogP contribution in [0.5, 0.6) is 0 Å². The maximum atomic E-state index is 11.9. The number of Topliss-reactive ketones (excluding diaryl/α,β-unsaturated/α-hetero) is 1. The maximum Gasteiger partial charge on any atom is 0.454 e. The van der Waals surface area contributed by atoms with Gasteiger partial charge >= 0.3 is 6.18 Å². The molecule has 0 N–H and O–H groups in total. The minimum Gasteiger partial charge on any atom is -0.284 e. The van der Waals surface area contributed by atoms with E-state index in [-0.39, 0.29) is 12.0 Å². The zero-order valence-electron chi connectivity index (χ0n) is 6.49. The first-order chi connectivity index (χ1) is 5.91. The maximum absolute atomic E-state index is 11.9. The van der Waals surface area contributed by atoms with E-state index in [2.05, 4.69) is 15.9 Å². The van der Waals surface area contributed by atoms with E-state index in [0.29, 0.717) is 6.42 Å². The van der Waals surface area contributed by atoms with Gasteiger partial charge in [-0.1, -0.05) is 28.1 Å². The lowest BCUT2D eigenvalue weighted by molar-refractivity contribution is -0.166. The molecule has 0 atom stereocenters. The first-order valence-corrected chi connectivity index (χ1v) is 4.37. The highest BCUT2D eigenvalue weighted by Crippen LogP contribution is 2.28. The number of alkyl halides is 3. The van der Waals surface area contributed by atoms with Gasteiger partial charge in [-0.3, -0.25) is 4.79 Å².